The second-order valence-electron chi connectivity index (χ2n) is 4.44. The van der Waals surface area contributed by atoms with Gasteiger partial charge in [0.2, 0.25) is 0 Å². The molecular weight excluding hydrogens is 459 g/mol. The Morgan fingerprint density at radius 1 is 1.00 bits per heavy atom. The van der Waals surface area contributed by atoms with Gasteiger partial charge in [-0.1, -0.05) is 44.0 Å². The fraction of sp³-hybridized carbons (Fsp3) is 0.286. The summed E-state index contributed by atoms with van der Waals surface area (Å²) in [4.78, 5) is 1.31. The molecule has 0 aliphatic heterocycles. The highest BCUT2D eigenvalue weighted by Crippen LogP contribution is 2.35. The van der Waals surface area contributed by atoms with Gasteiger partial charge in [0, 0.05) is 21.0 Å². The maximum Gasteiger partial charge on any atom is 0.123 e. The Hall–Kier alpha value is 0.290. The predicted octanol–water partition coefficient (Wildman–Crippen LogP) is 5.92. The number of hydrogen-bond donors (Lipinski definition) is 0. The molecule has 2 aromatic rings. The van der Waals surface area contributed by atoms with E-state index >= 15 is 0 Å². The van der Waals surface area contributed by atoms with E-state index in [9.17, 15) is 4.39 Å². The highest BCUT2D eigenvalue weighted by Gasteiger charge is 2.31. The molecule has 0 spiro atoms. The maximum absolute atomic E-state index is 13.1. The third-order valence-corrected chi connectivity index (χ3v) is 6.88. The summed E-state index contributed by atoms with van der Waals surface area (Å²) < 4.78 is 14.2. The molecule has 0 aliphatic carbocycles. The first-order valence-corrected chi connectivity index (χ1v) is 9.57. The summed E-state index contributed by atoms with van der Waals surface area (Å²) in [6.45, 7) is 0. The van der Waals surface area contributed by atoms with Crippen molar-refractivity contribution in [3.05, 3.63) is 56.4 Å². The second-order valence-corrected chi connectivity index (χ2v) is 8.11. The normalized spacial score (nSPS) is 11.8. The zero-order valence-electron chi connectivity index (χ0n) is 10.0. The van der Waals surface area contributed by atoms with Crippen molar-refractivity contribution >= 4 is 59.1 Å². The zero-order valence-corrected chi connectivity index (χ0v) is 15.6. The minimum Gasteiger partial charge on any atom is -0.207 e. The van der Waals surface area contributed by atoms with Crippen molar-refractivity contribution < 1.29 is 4.39 Å². The summed E-state index contributed by atoms with van der Waals surface area (Å²) in [5, 5.41) is 1.65. The molecule has 0 saturated heterocycles. The van der Waals surface area contributed by atoms with Crippen LogP contribution >= 0.6 is 59.1 Å². The number of rotatable bonds is 5. The summed E-state index contributed by atoms with van der Waals surface area (Å²) in [5.41, 5.74) is 1.09. The summed E-state index contributed by atoms with van der Waals surface area (Å²) >= 11 is 12.5. The van der Waals surface area contributed by atoms with Crippen LogP contribution in [0.1, 0.15) is 10.4 Å². The first kappa shape index (κ1) is 15.7. The van der Waals surface area contributed by atoms with E-state index in [1.165, 1.54) is 17.0 Å². The summed E-state index contributed by atoms with van der Waals surface area (Å²) in [6.07, 6.45) is 0.922. The molecule has 1 aromatic carbocycles. The van der Waals surface area contributed by atoms with Gasteiger partial charge in [-0.05, 0) is 52.2 Å². The summed E-state index contributed by atoms with van der Waals surface area (Å²) in [7, 11) is 0. The molecule has 0 saturated carbocycles. The topological polar surface area (TPSA) is 0 Å². The number of halogens is 4. The molecule has 102 valence electrons. The quantitative estimate of drug-likeness (QED) is 0.476. The second kappa shape index (κ2) is 6.83. The van der Waals surface area contributed by atoms with Crippen molar-refractivity contribution in [3.63, 3.8) is 0 Å². The Morgan fingerprint density at radius 2 is 1.63 bits per heavy atom. The Labute approximate surface area is 141 Å². The van der Waals surface area contributed by atoms with Crippen LogP contribution in [-0.2, 0) is 11.8 Å². The van der Waals surface area contributed by atoms with Crippen molar-refractivity contribution in [3.8, 4) is 0 Å². The fourth-order valence-corrected chi connectivity index (χ4v) is 5.57. The van der Waals surface area contributed by atoms with Gasteiger partial charge in [0.25, 0.3) is 0 Å². The van der Waals surface area contributed by atoms with E-state index in [4.69, 9.17) is 0 Å². The van der Waals surface area contributed by atoms with Crippen molar-refractivity contribution in [1.82, 2.24) is 0 Å². The van der Waals surface area contributed by atoms with Gasteiger partial charge >= 0.3 is 0 Å². The van der Waals surface area contributed by atoms with Gasteiger partial charge in [-0.2, -0.15) is 0 Å². The standard InChI is InChI=1S/C14H12Br3FS/c15-8-14(9-16,7-12-5-6-13(17)19-12)10-1-3-11(18)4-2-10/h1-6H,7-9H2. The lowest BCUT2D eigenvalue weighted by atomic mass is 9.81. The Morgan fingerprint density at radius 3 is 2.11 bits per heavy atom. The molecule has 19 heavy (non-hydrogen) atoms. The van der Waals surface area contributed by atoms with Crippen molar-refractivity contribution in [2.45, 2.75) is 11.8 Å². The predicted molar refractivity (Wildman–Crippen MR) is 91.4 cm³/mol. The van der Waals surface area contributed by atoms with E-state index in [1.54, 1.807) is 11.3 Å². The lowest BCUT2D eigenvalue weighted by molar-refractivity contribution is 0.552. The van der Waals surface area contributed by atoms with Crippen LogP contribution in [0.5, 0.6) is 0 Å². The van der Waals surface area contributed by atoms with Crippen LogP contribution in [-0.4, -0.2) is 10.7 Å². The SMILES string of the molecule is Fc1ccc(C(CBr)(CBr)Cc2ccc(Br)s2)cc1. The van der Waals surface area contributed by atoms with Crippen LogP contribution in [0.25, 0.3) is 0 Å². The third kappa shape index (κ3) is 3.69. The number of alkyl halides is 2. The van der Waals surface area contributed by atoms with Gasteiger partial charge in [0.15, 0.2) is 0 Å². The van der Waals surface area contributed by atoms with Gasteiger partial charge in [0.1, 0.15) is 5.82 Å². The Bertz CT molecular complexity index is 532. The largest absolute Gasteiger partial charge is 0.207 e. The van der Waals surface area contributed by atoms with Crippen molar-refractivity contribution in [2.75, 3.05) is 10.7 Å². The zero-order chi connectivity index (χ0) is 13.9. The Balaban J connectivity index is 2.33. The first-order valence-electron chi connectivity index (χ1n) is 5.72. The molecule has 5 heteroatoms. The van der Waals surface area contributed by atoms with Crippen LogP contribution in [0.15, 0.2) is 40.2 Å². The van der Waals surface area contributed by atoms with Gasteiger partial charge in [-0.15, -0.1) is 11.3 Å². The number of thiophene rings is 1. The minimum absolute atomic E-state index is 0.0575. The molecule has 0 bridgehead atoms. The monoisotopic (exact) mass is 468 g/mol. The van der Waals surface area contributed by atoms with E-state index in [1.807, 2.05) is 12.1 Å². The highest BCUT2D eigenvalue weighted by molar-refractivity contribution is 9.11. The lowest BCUT2D eigenvalue weighted by Crippen LogP contribution is -2.32. The van der Waals surface area contributed by atoms with Gasteiger partial charge in [-0.25, -0.2) is 4.39 Å². The van der Waals surface area contributed by atoms with Crippen molar-refractivity contribution in [2.24, 2.45) is 0 Å². The maximum atomic E-state index is 13.1. The van der Waals surface area contributed by atoms with E-state index in [0.29, 0.717) is 0 Å². The van der Waals surface area contributed by atoms with Crippen LogP contribution in [0.2, 0.25) is 0 Å². The molecule has 0 nitrogen and oxygen atoms in total. The molecule has 0 unspecified atom stereocenters. The van der Waals surface area contributed by atoms with Crippen LogP contribution in [0.3, 0.4) is 0 Å². The number of benzene rings is 1. The molecule has 0 fully saturated rings. The fourth-order valence-electron chi connectivity index (χ4n) is 1.97. The third-order valence-electron chi connectivity index (χ3n) is 3.11. The van der Waals surface area contributed by atoms with Crippen molar-refractivity contribution in [1.29, 1.82) is 0 Å². The average molecular weight is 471 g/mol. The molecule has 0 atom stereocenters. The molecular formula is C14H12Br3FS. The van der Waals surface area contributed by atoms with Gasteiger partial charge < -0.3 is 0 Å². The molecule has 0 aliphatic rings. The summed E-state index contributed by atoms with van der Waals surface area (Å²) in [5.74, 6) is -0.194. The molecule has 1 aromatic heterocycles. The van der Waals surface area contributed by atoms with E-state index in [-0.39, 0.29) is 11.2 Å². The van der Waals surface area contributed by atoms with Crippen LogP contribution in [0.4, 0.5) is 4.39 Å². The smallest absolute Gasteiger partial charge is 0.123 e. The molecule has 0 N–H and O–H groups in total. The summed E-state index contributed by atoms with van der Waals surface area (Å²) in [6, 6.07) is 11.0. The minimum atomic E-state index is -0.194. The first-order chi connectivity index (χ1) is 9.09. The van der Waals surface area contributed by atoms with E-state index < -0.39 is 0 Å². The van der Waals surface area contributed by atoms with E-state index in [2.05, 4.69) is 59.9 Å². The molecule has 2 rings (SSSR count). The van der Waals surface area contributed by atoms with Crippen LogP contribution in [0, 0.1) is 5.82 Å². The molecule has 0 radical (unpaired) electrons. The lowest BCUT2D eigenvalue weighted by Gasteiger charge is -2.30. The van der Waals surface area contributed by atoms with Gasteiger partial charge in [-0.3, -0.25) is 0 Å². The Kier molecular flexibility index (Phi) is 5.64. The van der Waals surface area contributed by atoms with Crippen LogP contribution < -0.4 is 0 Å². The van der Waals surface area contributed by atoms with E-state index in [0.717, 1.165) is 26.4 Å². The molecule has 0 amide bonds. The highest BCUT2D eigenvalue weighted by atomic mass is 79.9. The van der Waals surface area contributed by atoms with Gasteiger partial charge in [0.05, 0.1) is 3.79 Å². The average Bonchev–Trinajstić information content (AvgIpc) is 2.82. The molecule has 1 heterocycles. The number of hydrogen-bond acceptors (Lipinski definition) is 1.